The van der Waals surface area contributed by atoms with Gasteiger partial charge in [-0.25, -0.2) is 4.57 Å². The molecule has 0 aromatic carbocycles. The van der Waals surface area contributed by atoms with Crippen LogP contribution in [0.1, 0.15) is 0 Å². The Labute approximate surface area is 62.8 Å². The Balaban J connectivity index is 0. The zero-order valence-corrected chi connectivity index (χ0v) is 5.09. The normalized spacial score (nSPS) is 9.83. The quantitative estimate of drug-likeness (QED) is 0.667. The summed E-state index contributed by atoms with van der Waals surface area (Å²) in [5, 5.41) is 0. The van der Waals surface area contributed by atoms with Gasteiger partial charge >= 0.3 is 7.99 Å². The van der Waals surface area contributed by atoms with E-state index in [1.165, 1.54) is 0 Å². The van der Waals surface area contributed by atoms with Crippen molar-refractivity contribution < 1.29 is 55.2 Å². The van der Waals surface area contributed by atoms with E-state index >= 15 is 0 Å². The molecule has 2 nitrogen and oxygen atoms in total. The van der Waals surface area contributed by atoms with Gasteiger partial charge in [-0.1, -0.05) is 0 Å². The van der Waals surface area contributed by atoms with Gasteiger partial charge in [0.25, 0.3) is 0 Å². The molecule has 0 aromatic heterocycles. The number of hydrogen-bond donors (Lipinski definition) is 1. The number of hydrogen-bond acceptors (Lipinski definition) is 1. The molecule has 0 aliphatic rings. The standard InChI is InChI=1S/Er.F2HO2P/c;1-5(2,3)4/h;(H,3,4). The maximum absolute atomic E-state index is 10.1. The third-order valence-electron chi connectivity index (χ3n) is 0. The fourth-order valence-corrected chi connectivity index (χ4v) is 0. The first kappa shape index (κ1) is 10.3. The Kier molecular flexibility index (Phi) is 5.70. The third kappa shape index (κ3) is 58.2. The molecular weight excluding hydrogens is 268 g/mol. The van der Waals surface area contributed by atoms with E-state index in [-0.39, 0.29) is 37.3 Å². The van der Waals surface area contributed by atoms with Crippen molar-refractivity contribution in [3.05, 3.63) is 0 Å². The van der Waals surface area contributed by atoms with Gasteiger partial charge in [0, 0.05) is 37.3 Å². The summed E-state index contributed by atoms with van der Waals surface area (Å²) >= 11 is 0. The average molecular weight is 269 g/mol. The van der Waals surface area contributed by atoms with Gasteiger partial charge in [-0.2, -0.15) is 0 Å². The summed E-state index contributed by atoms with van der Waals surface area (Å²) in [5.41, 5.74) is 0. The van der Waals surface area contributed by atoms with Crippen molar-refractivity contribution in [2.75, 3.05) is 0 Å². The van der Waals surface area contributed by atoms with E-state index in [1.54, 1.807) is 0 Å². The van der Waals surface area contributed by atoms with Crippen LogP contribution < -0.4 is 0 Å². The van der Waals surface area contributed by atoms with Crippen LogP contribution in [0, 0.1) is 37.3 Å². The molecule has 44 valence electrons. The molecule has 1 N–H and O–H groups in total. The van der Waals surface area contributed by atoms with Gasteiger partial charge in [0.05, 0.1) is 0 Å². The van der Waals surface area contributed by atoms with Crippen molar-refractivity contribution in [2.24, 2.45) is 0 Å². The number of rotatable bonds is 0. The number of halogens is 2. The van der Waals surface area contributed by atoms with E-state index in [9.17, 15) is 8.39 Å². The van der Waals surface area contributed by atoms with Gasteiger partial charge in [-0.3, -0.25) is 4.89 Å². The molecule has 0 fully saturated rings. The predicted molar refractivity (Wildman–Crippen MR) is 12.0 cm³/mol. The maximum Gasteiger partial charge on any atom is 0.549 e. The third-order valence-corrected chi connectivity index (χ3v) is 0. The van der Waals surface area contributed by atoms with Gasteiger partial charge in [-0.15, -0.1) is 8.39 Å². The molecule has 0 radical (unpaired) electrons. The second-order valence-corrected chi connectivity index (χ2v) is 1.30. The van der Waals surface area contributed by atoms with Crippen molar-refractivity contribution in [3.63, 3.8) is 0 Å². The van der Waals surface area contributed by atoms with Crippen LogP contribution in [0.2, 0.25) is 0 Å². The molecule has 0 saturated heterocycles. The first-order valence-electron chi connectivity index (χ1n) is 0.721. The summed E-state index contributed by atoms with van der Waals surface area (Å²) in [6.07, 6.45) is 0. The van der Waals surface area contributed by atoms with Crippen molar-refractivity contribution in [1.82, 2.24) is 0 Å². The van der Waals surface area contributed by atoms with Gasteiger partial charge in [0.15, 0.2) is 0 Å². The monoisotopic (exact) mass is 268 g/mol. The zero-order chi connectivity index (χ0) is 4.50. The van der Waals surface area contributed by atoms with Crippen LogP contribution in [0.4, 0.5) is 8.39 Å². The van der Waals surface area contributed by atoms with Gasteiger partial charge in [0.1, 0.15) is 0 Å². The van der Waals surface area contributed by atoms with E-state index < -0.39 is 7.99 Å². The van der Waals surface area contributed by atoms with E-state index in [4.69, 9.17) is 9.46 Å². The van der Waals surface area contributed by atoms with Crippen molar-refractivity contribution in [2.45, 2.75) is 0 Å². The van der Waals surface area contributed by atoms with Crippen LogP contribution in [0.15, 0.2) is 0 Å². The fraction of sp³-hybridized carbons (Fsp3) is 0. The summed E-state index contributed by atoms with van der Waals surface area (Å²) in [5.74, 6) is 0. The minimum Gasteiger partial charge on any atom is -0.296 e. The first-order chi connectivity index (χ1) is 2.00. The van der Waals surface area contributed by atoms with Gasteiger partial charge < -0.3 is 0 Å². The molecule has 0 aromatic rings. The first-order valence-corrected chi connectivity index (χ1v) is 2.16. The maximum atomic E-state index is 10.1. The van der Waals surface area contributed by atoms with Crippen LogP contribution in [-0.4, -0.2) is 4.89 Å². The second kappa shape index (κ2) is 3.32. The zero-order valence-electron chi connectivity index (χ0n) is 2.35. The van der Waals surface area contributed by atoms with Crippen LogP contribution >= 0.6 is 7.99 Å². The minimum atomic E-state index is -5.64. The molecular formula is HErF2O2P. The largest absolute Gasteiger partial charge is 0.549 e. The topological polar surface area (TPSA) is 37.3 Å². The molecule has 0 unspecified atom stereocenters. The Hall–Kier alpha value is 1.30. The Morgan fingerprint density at radius 2 is 1.50 bits per heavy atom. The summed E-state index contributed by atoms with van der Waals surface area (Å²) in [6.45, 7) is 0. The minimum absolute atomic E-state index is 0. The molecule has 0 aliphatic carbocycles. The summed E-state index contributed by atoms with van der Waals surface area (Å²) in [6, 6.07) is 0. The smallest absolute Gasteiger partial charge is 0.296 e. The molecule has 0 amide bonds. The summed E-state index contributed by atoms with van der Waals surface area (Å²) in [4.78, 5) is 6.74. The molecule has 0 atom stereocenters. The molecule has 6 heteroatoms. The molecule has 0 bridgehead atoms. The Morgan fingerprint density at radius 1 is 1.50 bits per heavy atom. The van der Waals surface area contributed by atoms with Gasteiger partial charge in [-0.05, 0) is 0 Å². The Bertz CT molecular complexity index is 57.7. The SMILES string of the molecule is O=P(O)(F)F.[Er]. The summed E-state index contributed by atoms with van der Waals surface area (Å²) < 4.78 is 28.7. The van der Waals surface area contributed by atoms with Crippen LogP contribution in [-0.2, 0) is 4.57 Å². The predicted octanol–water partition coefficient (Wildman–Crippen LogP) is 1.03. The molecule has 0 heterocycles. The second-order valence-electron chi connectivity index (χ2n) is 0.435. The van der Waals surface area contributed by atoms with Crippen LogP contribution in [0.5, 0.6) is 0 Å². The molecule has 0 saturated carbocycles. The van der Waals surface area contributed by atoms with E-state index in [0.717, 1.165) is 0 Å². The Morgan fingerprint density at radius 3 is 1.50 bits per heavy atom. The van der Waals surface area contributed by atoms with Gasteiger partial charge in [0.2, 0.25) is 0 Å². The van der Waals surface area contributed by atoms with Crippen molar-refractivity contribution in [1.29, 1.82) is 0 Å². The van der Waals surface area contributed by atoms with E-state index in [2.05, 4.69) is 0 Å². The molecule has 0 spiro atoms. The van der Waals surface area contributed by atoms with Crippen LogP contribution in [0.3, 0.4) is 0 Å². The van der Waals surface area contributed by atoms with Crippen molar-refractivity contribution >= 4 is 7.99 Å². The molecule has 0 rings (SSSR count). The average Bonchev–Trinajstić information content (AvgIpc) is 0.722. The molecule has 6 heavy (non-hydrogen) atoms. The van der Waals surface area contributed by atoms with E-state index in [0.29, 0.717) is 0 Å². The molecule has 0 aliphatic heterocycles. The summed E-state index contributed by atoms with van der Waals surface area (Å²) in [7, 11) is -5.64. The van der Waals surface area contributed by atoms with Crippen molar-refractivity contribution in [3.8, 4) is 0 Å². The van der Waals surface area contributed by atoms with Crippen LogP contribution in [0.25, 0.3) is 0 Å². The van der Waals surface area contributed by atoms with E-state index in [1.807, 2.05) is 0 Å². The fourth-order valence-electron chi connectivity index (χ4n) is 0.